The molecule has 1 fully saturated rings. The number of carbonyl (C=O) groups excluding carboxylic acids is 1. The van der Waals surface area contributed by atoms with Crippen molar-refractivity contribution in [3.8, 4) is 0 Å². The molecule has 0 spiro atoms. The number of thioether (sulfide) groups is 1. The molecule has 1 aliphatic carbocycles. The molecule has 0 bridgehead atoms. The van der Waals surface area contributed by atoms with Gasteiger partial charge in [-0.15, -0.1) is 11.8 Å². The van der Waals surface area contributed by atoms with Gasteiger partial charge in [0.05, 0.1) is 10.8 Å². The smallest absolute Gasteiger partial charge is 0.230 e. The maximum atomic E-state index is 13.0. The van der Waals surface area contributed by atoms with Gasteiger partial charge >= 0.3 is 0 Å². The maximum Gasteiger partial charge on any atom is 0.230 e. The van der Waals surface area contributed by atoms with Crippen LogP contribution in [0.5, 0.6) is 0 Å². The number of halogens is 2. The van der Waals surface area contributed by atoms with Crippen LogP contribution in [-0.4, -0.2) is 17.7 Å². The SMILES string of the molecule is C[C@@H]1CCCC[C@H]1NC(=O)CSc1ccc(F)c(Cl)c1. The van der Waals surface area contributed by atoms with Crippen molar-refractivity contribution in [1.29, 1.82) is 0 Å². The normalized spacial score (nSPS) is 22.6. The summed E-state index contributed by atoms with van der Waals surface area (Å²) in [6.07, 6.45) is 4.71. The standard InChI is InChI=1S/C15H19ClFNOS/c1-10-4-2-3-5-14(10)18-15(19)9-20-11-6-7-13(17)12(16)8-11/h6-8,10,14H,2-5,9H2,1H3,(H,18,19)/t10-,14-/m1/s1. The monoisotopic (exact) mass is 315 g/mol. The molecule has 1 amide bonds. The summed E-state index contributed by atoms with van der Waals surface area (Å²) in [4.78, 5) is 12.8. The van der Waals surface area contributed by atoms with Gasteiger partial charge in [-0.1, -0.05) is 31.4 Å². The van der Waals surface area contributed by atoms with Crippen LogP contribution in [0.4, 0.5) is 4.39 Å². The minimum atomic E-state index is -0.434. The third-order valence-corrected chi connectivity index (χ3v) is 5.00. The van der Waals surface area contributed by atoms with Crippen molar-refractivity contribution in [2.24, 2.45) is 5.92 Å². The lowest BCUT2D eigenvalue weighted by Gasteiger charge is -2.29. The molecule has 110 valence electrons. The summed E-state index contributed by atoms with van der Waals surface area (Å²) in [6, 6.07) is 4.82. The van der Waals surface area contributed by atoms with Crippen molar-refractivity contribution in [1.82, 2.24) is 5.32 Å². The molecule has 2 rings (SSSR count). The van der Waals surface area contributed by atoms with E-state index >= 15 is 0 Å². The van der Waals surface area contributed by atoms with Crippen LogP contribution in [0.3, 0.4) is 0 Å². The molecule has 0 heterocycles. The van der Waals surface area contributed by atoms with E-state index in [2.05, 4.69) is 12.2 Å². The van der Waals surface area contributed by atoms with E-state index < -0.39 is 5.82 Å². The van der Waals surface area contributed by atoms with Crippen molar-refractivity contribution in [3.05, 3.63) is 29.0 Å². The van der Waals surface area contributed by atoms with E-state index in [-0.39, 0.29) is 10.9 Å². The van der Waals surface area contributed by atoms with E-state index in [0.29, 0.717) is 17.7 Å². The van der Waals surface area contributed by atoms with Crippen LogP contribution in [0.25, 0.3) is 0 Å². The Labute approximate surface area is 128 Å². The molecule has 5 heteroatoms. The highest BCUT2D eigenvalue weighted by Crippen LogP contribution is 2.25. The first-order valence-electron chi connectivity index (χ1n) is 6.93. The molecule has 1 aliphatic rings. The molecule has 1 aromatic carbocycles. The van der Waals surface area contributed by atoms with Crippen LogP contribution in [0.1, 0.15) is 32.6 Å². The highest BCUT2D eigenvalue weighted by molar-refractivity contribution is 8.00. The van der Waals surface area contributed by atoms with E-state index in [1.807, 2.05) is 0 Å². The summed E-state index contributed by atoms with van der Waals surface area (Å²) in [5.41, 5.74) is 0. The minimum Gasteiger partial charge on any atom is -0.352 e. The second-order valence-electron chi connectivity index (χ2n) is 5.30. The Hall–Kier alpha value is -0.740. The lowest BCUT2D eigenvalue weighted by atomic mass is 9.86. The van der Waals surface area contributed by atoms with Crippen LogP contribution in [0.2, 0.25) is 5.02 Å². The molecule has 1 aromatic rings. The minimum absolute atomic E-state index is 0.0363. The summed E-state index contributed by atoms with van der Waals surface area (Å²) >= 11 is 7.09. The third kappa shape index (κ3) is 4.38. The van der Waals surface area contributed by atoms with Crippen molar-refractivity contribution < 1.29 is 9.18 Å². The predicted molar refractivity (Wildman–Crippen MR) is 81.7 cm³/mol. The average Bonchev–Trinajstić information content (AvgIpc) is 2.43. The quantitative estimate of drug-likeness (QED) is 0.841. The number of carbonyl (C=O) groups is 1. The van der Waals surface area contributed by atoms with E-state index in [1.54, 1.807) is 12.1 Å². The van der Waals surface area contributed by atoms with Gasteiger partial charge in [-0.2, -0.15) is 0 Å². The van der Waals surface area contributed by atoms with Gasteiger partial charge in [0.1, 0.15) is 5.82 Å². The highest BCUT2D eigenvalue weighted by Gasteiger charge is 2.22. The molecule has 0 saturated heterocycles. The molecular formula is C15H19ClFNOS. The number of hydrogen-bond acceptors (Lipinski definition) is 2. The largest absolute Gasteiger partial charge is 0.352 e. The van der Waals surface area contributed by atoms with Crippen LogP contribution < -0.4 is 5.32 Å². The summed E-state index contributed by atoms with van der Waals surface area (Å²) in [7, 11) is 0. The molecule has 0 aromatic heterocycles. The lowest BCUT2D eigenvalue weighted by molar-refractivity contribution is -0.119. The van der Waals surface area contributed by atoms with Crippen LogP contribution >= 0.6 is 23.4 Å². The molecule has 0 unspecified atom stereocenters. The maximum absolute atomic E-state index is 13.0. The first-order valence-corrected chi connectivity index (χ1v) is 8.30. The Kier molecular flexibility index (Phi) is 5.73. The van der Waals surface area contributed by atoms with Gasteiger partial charge in [-0.05, 0) is 37.0 Å². The Morgan fingerprint density at radius 1 is 1.45 bits per heavy atom. The average molecular weight is 316 g/mol. The Morgan fingerprint density at radius 3 is 2.90 bits per heavy atom. The van der Waals surface area contributed by atoms with E-state index in [1.165, 1.54) is 37.1 Å². The Bertz CT molecular complexity index is 483. The van der Waals surface area contributed by atoms with Gasteiger partial charge in [0.2, 0.25) is 5.91 Å². The van der Waals surface area contributed by atoms with Gasteiger partial charge in [-0.25, -0.2) is 4.39 Å². The molecule has 0 aliphatic heterocycles. The number of rotatable bonds is 4. The number of hydrogen-bond donors (Lipinski definition) is 1. The topological polar surface area (TPSA) is 29.1 Å². The number of amides is 1. The van der Waals surface area contributed by atoms with Crippen molar-refractivity contribution in [2.75, 3.05) is 5.75 Å². The fourth-order valence-electron chi connectivity index (χ4n) is 2.49. The molecule has 20 heavy (non-hydrogen) atoms. The van der Waals surface area contributed by atoms with Crippen molar-refractivity contribution in [2.45, 2.75) is 43.5 Å². The van der Waals surface area contributed by atoms with Gasteiger partial charge in [-0.3, -0.25) is 4.79 Å². The fourth-order valence-corrected chi connectivity index (χ4v) is 3.49. The third-order valence-electron chi connectivity index (χ3n) is 3.72. The summed E-state index contributed by atoms with van der Waals surface area (Å²) < 4.78 is 13.0. The zero-order valence-electron chi connectivity index (χ0n) is 11.5. The Balaban J connectivity index is 1.81. The van der Waals surface area contributed by atoms with Gasteiger partial charge in [0, 0.05) is 10.9 Å². The molecular weight excluding hydrogens is 297 g/mol. The lowest BCUT2D eigenvalue weighted by Crippen LogP contribution is -2.41. The second kappa shape index (κ2) is 7.32. The first kappa shape index (κ1) is 15.6. The van der Waals surface area contributed by atoms with Gasteiger partial charge in [0.25, 0.3) is 0 Å². The van der Waals surface area contributed by atoms with Crippen LogP contribution in [0.15, 0.2) is 23.1 Å². The van der Waals surface area contributed by atoms with E-state index in [4.69, 9.17) is 11.6 Å². The molecule has 1 N–H and O–H groups in total. The summed E-state index contributed by atoms with van der Waals surface area (Å²) in [5, 5.41) is 3.19. The second-order valence-corrected chi connectivity index (χ2v) is 6.76. The first-order chi connectivity index (χ1) is 9.56. The van der Waals surface area contributed by atoms with Crippen LogP contribution in [0, 0.1) is 11.7 Å². The van der Waals surface area contributed by atoms with Crippen molar-refractivity contribution in [3.63, 3.8) is 0 Å². The van der Waals surface area contributed by atoms with Gasteiger partial charge in [0.15, 0.2) is 0 Å². The van der Waals surface area contributed by atoms with Gasteiger partial charge < -0.3 is 5.32 Å². The zero-order valence-corrected chi connectivity index (χ0v) is 13.1. The fraction of sp³-hybridized carbons (Fsp3) is 0.533. The highest BCUT2D eigenvalue weighted by atomic mass is 35.5. The van der Waals surface area contributed by atoms with Crippen LogP contribution in [-0.2, 0) is 4.79 Å². The molecule has 1 saturated carbocycles. The molecule has 2 nitrogen and oxygen atoms in total. The van der Waals surface area contributed by atoms with E-state index in [0.717, 1.165) is 11.3 Å². The summed E-state index contributed by atoms with van der Waals surface area (Å²) in [6.45, 7) is 2.19. The van der Waals surface area contributed by atoms with Crippen molar-refractivity contribution >= 4 is 29.3 Å². The predicted octanol–water partition coefficient (Wildman–Crippen LogP) is 4.27. The Morgan fingerprint density at radius 2 is 2.20 bits per heavy atom. The number of nitrogens with one attached hydrogen (secondary N) is 1. The molecule has 0 radical (unpaired) electrons. The number of benzene rings is 1. The molecule has 2 atom stereocenters. The summed E-state index contributed by atoms with van der Waals surface area (Å²) in [5.74, 6) is 0.495. The zero-order chi connectivity index (χ0) is 14.5. The van der Waals surface area contributed by atoms with E-state index in [9.17, 15) is 9.18 Å².